The molecule has 108 valence electrons. The number of aromatic nitrogens is 1. The fraction of sp³-hybridized carbons (Fsp3) is 0.294. The Hall–Kier alpha value is -2.36. The number of likely N-dealkylation sites (tertiary alicyclic amines) is 1. The van der Waals surface area contributed by atoms with Crippen LogP contribution in [-0.4, -0.2) is 22.3 Å². The number of rotatable bonds is 3. The molecular weight excluding hydrogens is 262 g/mol. The highest BCUT2D eigenvalue weighted by atomic mass is 16.2. The predicted octanol–water partition coefficient (Wildman–Crippen LogP) is 3.51. The largest absolute Gasteiger partial charge is 0.340 e. The SMILES string of the molecule is CC(=O)N1CCC[C@@H]1c1ccc(Nc2ccccc2)nc1. The predicted molar refractivity (Wildman–Crippen MR) is 83.3 cm³/mol. The molecule has 1 atom stereocenters. The second kappa shape index (κ2) is 5.95. The van der Waals surface area contributed by atoms with E-state index in [-0.39, 0.29) is 11.9 Å². The van der Waals surface area contributed by atoms with Crippen molar-refractivity contribution in [2.45, 2.75) is 25.8 Å². The Morgan fingerprint density at radius 3 is 2.71 bits per heavy atom. The minimum atomic E-state index is 0.143. The standard InChI is InChI=1S/C17H19N3O/c1-13(21)20-11-5-8-16(20)14-9-10-17(18-12-14)19-15-6-3-2-4-7-15/h2-4,6-7,9-10,12,16H,5,8,11H2,1H3,(H,18,19)/t16-/m1/s1. The molecule has 4 heteroatoms. The minimum Gasteiger partial charge on any atom is -0.340 e. The number of amides is 1. The molecule has 21 heavy (non-hydrogen) atoms. The molecule has 1 saturated heterocycles. The van der Waals surface area contributed by atoms with Gasteiger partial charge in [-0.2, -0.15) is 0 Å². The molecule has 0 aliphatic carbocycles. The zero-order valence-corrected chi connectivity index (χ0v) is 12.1. The van der Waals surface area contributed by atoms with Gasteiger partial charge in [-0.05, 0) is 36.6 Å². The van der Waals surface area contributed by atoms with Gasteiger partial charge in [-0.3, -0.25) is 4.79 Å². The van der Waals surface area contributed by atoms with Crippen molar-refractivity contribution >= 4 is 17.4 Å². The van der Waals surface area contributed by atoms with Crippen molar-refractivity contribution in [1.29, 1.82) is 0 Å². The molecule has 0 unspecified atom stereocenters. The summed E-state index contributed by atoms with van der Waals surface area (Å²) in [5, 5.41) is 3.26. The molecule has 1 N–H and O–H groups in total. The van der Waals surface area contributed by atoms with Gasteiger partial charge < -0.3 is 10.2 Å². The zero-order chi connectivity index (χ0) is 14.7. The fourth-order valence-corrected chi connectivity index (χ4v) is 2.84. The van der Waals surface area contributed by atoms with Crippen molar-refractivity contribution in [1.82, 2.24) is 9.88 Å². The third-order valence-electron chi connectivity index (χ3n) is 3.87. The van der Waals surface area contributed by atoms with Crippen LogP contribution in [0.2, 0.25) is 0 Å². The van der Waals surface area contributed by atoms with Crippen molar-refractivity contribution < 1.29 is 4.79 Å². The van der Waals surface area contributed by atoms with E-state index in [9.17, 15) is 4.79 Å². The first kappa shape index (κ1) is 13.6. The average Bonchev–Trinajstić information content (AvgIpc) is 2.99. The number of carbonyl (C=O) groups is 1. The van der Waals surface area contributed by atoms with Crippen LogP contribution in [0.3, 0.4) is 0 Å². The summed E-state index contributed by atoms with van der Waals surface area (Å²) in [5.74, 6) is 0.960. The van der Waals surface area contributed by atoms with E-state index < -0.39 is 0 Å². The Morgan fingerprint density at radius 2 is 2.05 bits per heavy atom. The van der Waals surface area contributed by atoms with Gasteiger partial charge >= 0.3 is 0 Å². The molecule has 3 rings (SSSR count). The summed E-state index contributed by atoms with van der Waals surface area (Å²) in [6.07, 6.45) is 3.96. The van der Waals surface area contributed by atoms with E-state index in [4.69, 9.17) is 0 Å². The van der Waals surface area contributed by atoms with Crippen LogP contribution < -0.4 is 5.32 Å². The number of anilines is 2. The van der Waals surface area contributed by atoms with Crippen molar-refractivity contribution in [2.75, 3.05) is 11.9 Å². The van der Waals surface area contributed by atoms with E-state index in [1.807, 2.05) is 47.5 Å². The minimum absolute atomic E-state index is 0.143. The Bertz CT molecular complexity index is 610. The van der Waals surface area contributed by atoms with Gasteiger partial charge in [0.1, 0.15) is 5.82 Å². The maximum Gasteiger partial charge on any atom is 0.219 e. The fourth-order valence-electron chi connectivity index (χ4n) is 2.84. The smallest absolute Gasteiger partial charge is 0.219 e. The summed E-state index contributed by atoms with van der Waals surface area (Å²) in [6, 6.07) is 14.2. The normalized spacial score (nSPS) is 17.8. The van der Waals surface area contributed by atoms with Crippen LogP contribution in [0.5, 0.6) is 0 Å². The van der Waals surface area contributed by atoms with Gasteiger partial charge in [-0.15, -0.1) is 0 Å². The number of hydrogen-bond acceptors (Lipinski definition) is 3. The van der Waals surface area contributed by atoms with E-state index in [1.165, 1.54) is 0 Å². The quantitative estimate of drug-likeness (QED) is 0.936. The molecule has 1 amide bonds. The number of pyridine rings is 1. The molecule has 1 aromatic heterocycles. The molecule has 4 nitrogen and oxygen atoms in total. The van der Waals surface area contributed by atoms with Gasteiger partial charge in [0.2, 0.25) is 5.91 Å². The molecule has 0 spiro atoms. The lowest BCUT2D eigenvalue weighted by Gasteiger charge is -2.23. The van der Waals surface area contributed by atoms with Crippen LogP contribution in [0.4, 0.5) is 11.5 Å². The monoisotopic (exact) mass is 281 g/mol. The Balaban J connectivity index is 1.73. The molecule has 1 aliphatic heterocycles. The molecule has 1 aromatic carbocycles. The van der Waals surface area contributed by atoms with Crippen molar-refractivity contribution in [2.24, 2.45) is 0 Å². The van der Waals surface area contributed by atoms with Crippen LogP contribution in [0.15, 0.2) is 48.7 Å². The molecule has 0 saturated carbocycles. The second-order valence-corrected chi connectivity index (χ2v) is 5.34. The molecule has 2 heterocycles. The molecule has 0 radical (unpaired) electrons. The Morgan fingerprint density at radius 1 is 1.24 bits per heavy atom. The summed E-state index contributed by atoms with van der Waals surface area (Å²) in [7, 11) is 0. The molecular formula is C17H19N3O. The molecule has 2 aromatic rings. The highest BCUT2D eigenvalue weighted by Gasteiger charge is 2.27. The number of hydrogen-bond donors (Lipinski definition) is 1. The first-order valence-corrected chi connectivity index (χ1v) is 7.29. The maximum absolute atomic E-state index is 11.6. The topological polar surface area (TPSA) is 45.2 Å². The number of nitrogens with one attached hydrogen (secondary N) is 1. The van der Waals surface area contributed by atoms with Gasteiger partial charge in [0.15, 0.2) is 0 Å². The highest BCUT2D eigenvalue weighted by molar-refractivity contribution is 5.74. The lowest BCUT2D eigenvalue weighted by Crippen LogP contribution is -2.28. The number of benzene rings is 1. The average molecular weight is 281 g/mol. The first-order chi connectivity index (χ1) is 10.2. The van der Waals surface area contributed by atoms with Crippen molar-refractivity contribution in [3.8, 4) is 0 Å². The summed E-state index contributed by atoms with van der Waals surface area (Å²) < 4.78 is 0. The highest BCUT2D eigenvalue weighted by Crippen LogP contribution is 2.31. The third-order valence-corrected chi connectivity index (χ3v) is 3.87. The van der Waals surface area contributed by atoms with Gasteiger partial charge in [-0.1, -0.05) is 24.3 Å². The van der Waals surface area contributed by atoms with Crippen LogP contribution >= 0.6 is 0 Å². The van der Waals surface area contributed by atoms with Crippen LogP contribution in [-0.2, 0) is 4.79 Å². The van der Waals surface area contributed by atoms with E-state index in [1.54, 1.807) is 6.92 Å². The van der Waals surface area contributed by atoms with Crippen molar-refractivity contribution in [3.05, 3.63) is 54.2 Å². The van der Waals surface area contributed by atoms with Crippen molar-refractivity contribution in [3.63, 3.8) is 0 Å². The van der Waals surface area contributed by atoms with E-state index in [0.717, 1.165) is 36.5 Å². The second-order valence-electron chi connectivity index (χ2n) is 5.34. The van der Waals surface area contributed by atoms with Crippen LogP contribution in [0, 0.1) is 0 Å². The van der Waals surface area contributed by atoms with E-state index >= 15 is 0 Å². The number of nitrogens with zero attached hydrogens (tertiary/aromatic N) is 2. The number of para-hydroxylation sites is 1. The Labute approximate surface area is 124 Å². The van der Waals surface area contributed by atoms with Crippen LogP contribution in [0.25, 0.3) is 0 Å². The summed E-state index contributed by atoms with van der Waals surface area (Å²) in [5.41, 5.74) is 2.13. The van der Waals surface area contributed by atoms with Crippen LogP contribution in [0.1, 0.15) is 31.4 Å². The van der Waals surface area contributed by atoms with Gasteiger partial charge in [0.05, 0.1) is 6.04 Å². The summed E-state index contributed by atoms with van der Waals surface area (Å²) in [4.78, 5) is 18.0. The van der Waals surface area contributed by atoms with Gasteiger partial charge in [-0.25, -0.2) is 4.98 Å². The Kier molecular flexibility index (Phi) is 3.86. The van der Waals surface area contributed by atoms with Gasteiger partial charge in [0.25, 0.3) is 0 Å². The lowest BCUT2D eigenvalue weighted by atomic mass is 10.1. The third kappa shape index (κ3) is 3.05. The summed E-state index contributed by atoms with van der Waals surface area (Å²) in [6.45, 7) is 2.49. The molecule has 0 bridgehead atoms. The number of carbonyl (C=O) groups excluding carboxylic acids is 1. The van der Waals surface area contributed by atoms with Gasteiger partial charge in [0, 0.05) is 25.4 Å². The molecule has 1 aliphatic rings. The zero-order valence-electron chi connectivity index (χ0n) is 12.1. The molecule has 1 fully saturated rings. The van der Waals surface area contributed by atoms with E-state index in [2.05, 4.69) is 16.4 Å². The lowest BCUT2D eigenvalue weighted by molar-refractivity contribution is -0.129. The maximum atomic E-state index is 11.6. The first-order valence-electron chi connectivity index (χ1n) is 7.29. The van der Waals surface area contributed by atoms with E-state index in [0.29, 0.717) is 0 Å². The summed E-state index contributed by atoms with van der Waals surface area (Å²) >= 11 is 0.